The molecule has 1 rings (SSSR count). The van der Waals surface area contributed by atoms with Gasteiger partial charge in [0.05, 0.1) is 34.2 Å². The first-order chi connectivity index (χ1) is 18.1. The van der Waals surface area contributed by atoms with Gasteiger partial charge in [-0.05, 0) is 6.42 Å². The molecule has 0 aromatic rings. The van der Waals surface area contributed by atoms with Gasteiger partial charge in [0.1, 0.15) is 6.54 Å². The van der Waals surface area contributed by atoms with Crippen LogP contribution in [0.25, 0.3) is 0 Å². The minimum Gasteiger partial charge on any atom is -0.870 e. The summed E-state index contributed by atoms with van der Waals surface area (Å²) in [5.74, 6) is -0.525. The lowest BCUT2D eigenvalue weighted by Crippen LogP contribution is -2.42. The van der Waals surface area contributed by atoms with Crippen molar-refractivity contribution in [3.63, 3.8) is 0 Å². The topological polar surface area (TPSA) is 241 Å². The fraction of sp³-hybridized carbons (Fsp3) is 0.897. The van der Waals surface area contributed by atoms with E-state index in [1.807, 2.05) is 21.1 Å². The van der Waals surface area contributed by atoms with Crippen LogP contribution in [0.3, 0.4) is 0 Å². The summed E-state index contributed by atoms with van der Waals surface area (Å²) in [6.07, 6.45) is 19.7. The molecule has 0 saturated carbocycles. The Morgan fingerprint density at radius 1 is 0.814 bits per heavy atom. The normalized spacial score (nSPS) is 14.7. The number of ether oxygens (including phenoxy) is 2. The Hall–Kier alpha value is -0.960. The van der Waals surface area contributed by atoms with Crippen LogP contribution in [0.15, 0.2) is 11.1 Å². The molecule has 0 aromatic carbocycles. The number of hydrogen-bond donors (Lipinski definition) is 1. The third kappa shape index (κ3) is 25.0. The Labute approximate surface area is 265 Å². The second kappa shape index (κ2) is 29.7. The molecule has 43 heavy (non-hydrogen) atoms. The Morgan fingerprint density at radius 2 is 1.23 bits per heavy atom. The number of aliphatic hydroxyl groups is 1. The predicted octanol–water partition coefficient (Wildman–Crippen LogP) is 6.87. The van der Waals surface area contributed by atoms with Crippen molar-refractivity contribution in [2.45, 2.75) is 122 Å². The van der Waals surface area contributed by atoms with Gasteiger partial charge in [0, 0.05) is 19.3 Å². The van der Waals surface area contributed by atoms with Crippen LogP contribution in [0.5, 0.6) is 0 Å². The highest BCUT2D eigenvalue weighted by Gasteiger charge is 2.42. The number of quaternary nitrogens is 1. The third-order valence-electron chi connectivity index (χ3n) is 6.74. The molecular weight excluding hydrogens is 585 g/mol. The van der Waals surface area contributed by atoms with Crippen molar-refractivity contribution in [1.82, 2.24) is 0 Å². The number of likely N-dealkylation sites (N-methyl/N-ethyl adjacent to an activating group) is 1. The van der Waals surface area contributed by atoms with Gasteiger partial charge in [0.25, 0.3) is 0 Å². The predicted molar refractivity (Wildman–Crippen MR) is 167 cm³/mol. The lowest BCUT2D eigenvalue weighted by Gasteiger charge is -2.28. The molecule has 2 atom stereocenters. The van der Waals surface area contributed by atoms with Crippen molar-refractivity contribution < 1.29 is 70.6 Å². The number of nitrogens with zero attached hydrogens (tertiary/aromatic N) is 1. The second-order valence-corrected chi connectivity index (χ2v) is 13.6. The van der Waals surface area contributed by atoms with E-state index in [2.05, 4.69) is 6.92 Å². The molecule has 1 aliphatic rings. The monoisotopic (exact) mass is 651 g/mol. The lowest BCUT2D eigenvalue weighted by atomic mass is 10.0. The Bertz CT molecular complexity index is 750. The van der Waals surface area contributed by atoms with Gasteiger partial charge >= 0.3 is 19.3 Å². The molecule has 1 heterocycles. The molecule has 14 heteroatoms. The van der Waals surface area contributed by atoms with E-state index < -0.39 is 19.9 Å². The van der Waals surface area contributed by atoms with Gasteiger partial charge in [0.15, 0.2) is 0 Å². The van der Waals surface area contributed by atoms with Gasteiger partial charge in [-0.3, -0.25) is 13.9 Å². The maximum absolute atomic E-state index is 13.2. The first-order valence-corrected chi connectivity index (χ1v) is 16.5. The number of aliphatic hydroxyl groups excluding tert-OH is 1. The van der Waals surface area contributed by atoms with Crippen molar-refractivity contribution in [2.75, 3.05) is 48.0 Å². The van der Waals surface area contributed by atoms with Crippen molar-refractivity contribution in [3.05, 3.63) is 11.1 Å². The quantitative estimate of drug-likeness (QED) is 0.0349. The Morgan fingerprint density at radius 3 is 1.63 bits per heavy atom. The summed E-state index contributed by atoms with van der Waals surface area (Å²) >= 11 is 0. The molecule has 0 fully saturated rings. The molecule has 1 aliphatic heterocycles. The fourth-order valence-electron chi connectivity index (χ4n) is 4.61. The zero-order chi connectivity index (χ0) is 28.3. The minimum atomic E-state index is -3.98. The van der Waals surface area contributed by atoms with Gasteiger partial charge in [0.2, 0.25) is 11.8 Å². The summed E-state index contributed by atoms with van der Waals surface area (Å²) < 4.78 is 35.0. The maximum atomic E-state index is 13.2. The van der Waals surface area contributed by atoms with Crippen molar-refractivity contribution in [2.24, 2.45) is 0 Å². The van der Waals surface area contributed by atoms with Gasteiger partial charge in [-0.2, -0.15) is 0 Å². The van der Waals surface area contributed by atoms with E-state index in [0.717, 1.165) is 12.8 Å². The largest absolute Gasteiger partial charge is 1.00 e. The molecule has 6 N–H and O–H groups in total. The van der Waals surface area contributed by atoms with Crippen LogP contribution in [0, 0.1) is 0 Å². The standard InChI is InChI=1S/C29H57NO7P.5H2O/c1-6-7-8-9-10-11-12-13-14-15-16-17-18-19-20-21-22-35-25-26-23-27(31)36-29(26)38(33,34-5)37-28(32)24-30(2,3)4;;;;;/h28,32H,6-25H2,1-5H3;5*1H2/q+1;;;;;/p-1. The molecule has 0 amide bonds. The molecule has 0 bridgehead atoms. The van der Waals surface area contributed by atoms with Crippen LogP contribution in [-0.2, 0) is 27.9 Å². The molecule has 0 radical (unpaired) electrons. The molecular formula is C29H66NO12P. The number of unbranched alkanes of at least 4 members (excludes halogenated alkanes) is 15. The number of carbonyl (C=O) groups excluding carboxylic acids is 1. The fourth-order valence-corrected chi connectivity index (χ4v) is 6.09. The van der Waals surface area contributed by atoms with E-state index in [9.17, 15) is 14.5 Å². The van der Waals surface area contributed by atoms with Crippen molar-refractivity contribution in [3.8, 4) is 0 Å². The van der Waals surface area contributed by atoms with Gasteiger partial charge in [-0.25, -0.2) is 0 Å². The van der Waals surface area contributed by atoms with Crippen LogP contribution < -0.4 is 0 Å². The van der Waals surface area contributed by atoms with Crippen LogP contribution in [0.1, 0.15) is 122 Å². The summed E-state index contributed by atoms with van der Waals surface area (Å²) in [5.41, 5.74) is 0.312. The molecule has 0 spiro atoms. The van der Waals surface area contributed by atoms with Crippen molar-refractivity contribution in [1.29, 1.82) is 0 Å². The molecule has 0 saturated heterocycles. The zero-order valence-corrected chi connectivity index (χ0v) is 28.1. The van der Waals surface area contributed by atoms with E-state index in [-0.39, 0.29) is 58.2 Å². The van der Waals surface area contributed by atoms with Crippen LogP contribution in [-0.4, -0.2) is 97.2 Å². The van der Waals surface area contributed by atoms with E-state index in [1.165, 1.54) is 97.0 Å². The number of hydrogen-bond acceptors (Lipinski definition) is 12. The van der Waals surface area contributed by atoms with Gasteiger partial charge in [-0.15, -0.1) is 0 Å². The maximum Gasteiger partial charge on any atom is 1.00 e. The average molecular weight is 652 g/mol. The number of cyclic esters (lactones) is 1. The summed E-state index contributed by atoms with van der Waals surface area (Å²) in [5, 5.41) is 10.2. The number of esters is 1. The highest BCUT2D eigenvalue weighted by Crippen LogP contribution is 2.59. The number of carbonyl (C=O) groups is 1. The molecule has 13 nitrogen and oxygen atoms in total. The summed E-state index contributed by atoms with van der Waals surface area (Å²) in [6.45, 7) is 3.15. The SMILES string of the molecule is CCCCCCCCCCCCCCCCCCOCC1=C(P(=O)(OC)OC(O)C[N+](C)(C)C)OC(=O)C1.[H+].[H+].[H+].[H+].[OH-].[OH-].[OH-].[OH-].[OH-]. The van der Waals surface area contributed by atoms with E-state index in [0.29, 0.717) is 16.7 Å². The molecule has 264 valence electrons. The van der Waals surface area contributed by atoms with E-state index in [1.54, 1.807) is 0 Å². The highest BCUT2D eigenvalue weighted by molar-refractivity contribution is 7.58. The summed E-state index contributed by atoms with van der Waals surface area (Å²) in [4.78, 5) is 11.9. The molecule has 0 aromatic heterocycles. The summed E-state index contributed by atoms with van der Waals surface area (Å²) in [6, 6.07) is 0. The third-order valence-corrected chi connectivity index (χ3v) is 8.65. The Balaban J connectivity index is -0.000000229. The lowest BCUT2D eigenvalue weighted by molar-refractivity contribution is -0.876. The smallest absolute Gasteiger partial charge is 0.870 e. The Kier molecular flexibility index (Phi) is 35.7. The van der Waals surface area contributed by atoms with E-state index >= 15 is 0 Å². The average Bonchev–Trinajstić information content (AvgIpc) is 3.23. The van der Waals surface area contributed by atoms with Crippen LogP contribution >= 0.6 is 7.60 Å². The number of rotatable bonds is 25. The van der Waals surface area contributed by atoms with Crippen molar-refractivity contribution >= 4 is 13.6 Å². The first kappa shape index (κ1) is 51.6. The second-order valence-electron chi connectivity index (χ2n) is 11.6. The van der Waals surface area contributed by atoms with Gasteiger partial charge in [-0.1, -0.05) is 103 Å². The van der Waals surface area contributed by atoms with Gasteiger partial charge < -0.3 is 51.0 Å². The van der Waals surface area contributed by atoms with Crippen LogP contribution in [0.4, 0.5) is 0 Å². The van der Waals surface area contributed by atoms with Crippen LogP contribution in [0.2, 0.25) is 0 Å². The minimum absolute atomic E-state index is 0. The molecule has 0 aliphatic carbocycles. The highest BCUT2D eigenvalue weighted by atomic mass is 31.2. The molecule has 2 unspecified atom stereocenters. The first-order valence-electron chi connectivity index (χ1n) is 14.9. The zero-order valence-electron chi connectivity index (χ0n) is 31.2. The van der Waals surface area contributed by atoms with E-state index in [4.69, 9.17) is 18.5 Å². The summed E-state index contributed by atoms with van der Waals surface area (Å²) in [7, 11) is 2.85.